The Kier molecular flexibility index (Phi) is 6.49. The minimum absolute atomic E-state index is 0.637. The van der Waals surface area contributed by atoms with Crippen LogP contribution >= 0.6 is 11.6 Å². The van der Waals surface area contributed by atoms with Gasteiger partial charge < -0.3 is 5.21 Å². The molecule has 0 spiro atoms. The van der Waals surface area contributed by atoms with Gasteiger partial charge in [-0.15, -0.1) is 0 Å². The monoisotopic (exact) mass is 229 g/mol. The molecule has 0 saturated carbocycles. The molecule has 0 amide bonds. The number of halogens is 1. The third kappa shape index (κ3) is 5.22. The van der Waals surface area contributed by atoms with E-state index in [4.69, 9.17) is 16.8 Å². The van der Waals surface area contributed by atoms with Gasteiger partial charge in [-0.05, 0) is 25.7 Å². The summed E-state index contributed by atoms with van der Waals surface area (Å²) >= 11 is 6.05. The molecule has 0 unspecified atom stereocenters. The average molecular weight is 230 g/mol. The van der Waals surface area contributed by atoms with E-state index in [1.807, 2.05) is 6.08 Å². The van der Waals surface area contributed by atoms with Crippen molar-refractivity contribution < 1.29 is 5.21 Å². The van der Waals surface area contributed by atoms with Crippen LogP contribution in [-0.2, 0) is 0 Å². The van der Waals surface area contributed by atoms with Crippen molar-refractivity contribution in [2.75, 3.05) is 0 Å². The summed E-state index contributed by atoms with van der Waals surface area (Å²) in [4.78, 5) is 0. The van der Waals surface area contributed by atoms with Gasteiger partial charge in [-0.2, -0.15) is 0 Å². The van der Waals surface area contributed by atoms with Gasteiger partial charge in [0.15, 0.2) is 0 Å². The Bertz CT molecular complexity index is 236. The lowest BCUT2D eigenvalue weighted by Crippen LogP contribution is -1.99. The first kappa shape index (κ1) is 12.6. The van der Waals surface area contributed by atoms with E-state index in [0.29, 0.717) is 10.7 Å². The fourth-order valence-corrected chi connectivity index (χ4v) is 2.13. The van der Waals surface area contributed by atoms with Crippen molar-refractivity contribution in [1.82, 2.24) is 0 Å². The quantitative estimate of drug-likeness (QED) is 0.483. The second-order valence-corrected chi connectivity index (χ2v) is 4.52. The highest BCUT2D eigenvalue weighted by molar-refractivity contribution is 6.43. The first-order valence-electron chi connectivity index (χ1n) is 5.91. The van der Waals surface area contributed by atoms with E-state index in [1.165, 1.54) is 38.5 Å². The maximum Gasteiger partial charge on any atom is 0.0978 e. The molecule has 2 nitrogen and oxygen atoms in total. The van der Waals surface area contributed by atoms with Crippen LogP contribution in [0.1, 0.15) is 57.8 Å². The van der Waals surface area contributed by atoms with Crippen molar-refractivity contribution in [2.24, 2.45) is 5.16 Å². The Labute approximate surface area is 97.0 Å². The lowest BCUT2D eigenvalue weighted by atomic mass is 10.0. The molecule has 0 aromatic heterocycles. The van der Waals surface area contributed by atoms with Gasteiger partial charge in [0.2, 0.25) is 0 Å². The van der Waals surface area contributed by atoms with Crippen LogP contribution in [-0.4, -0.2) is 10.9 Å². The molecule has 0 saturated heterocycles. The fourth-order valence-electron chi connectivity index (χ4n) is 1.88. The number of nitrogens with zero attached hydrogens (tertiary/aromatic N) is 1. The molecular weight excluding hydrogens is 210 g/mol. The Hall–Kier alpha value is -0.500. The van der Waals surface area contributed by atoms with Crippen molar-refractivity contribution >= 4 is 17.3 Å². The molecule has 1 aliphatic carbocycles. The summed E-state index contributed by atoms with van der Waals surface area (Å²) in [5.41, 5.74) is 0.650. The molecule has 0 atom stereocenters. The smallest absolute Gasteiger partial charge is 0.0978 e. The standard InChI is InChI=1S/C12H20ClNO/c13-11-9-7-5-3-1-2-4-6-8-10-12(11)14-15/h9,15H,1-8,10H2/b11-9-,14-12?. The Morgan fingerprint density at radius 3 is 2.27 bits per heavy atom. The largest absolute Gasteiger partial charge is 0.411 e. The molecule has 1 N–H and O–H groups in total. The fraction of sp³-hybridized carbons (Fsp3) is 0.750. The predicted octanol–water partition coefficient (Wildman–Crippen LogP) is 4.46. The van der Waals surface area contributed by atoms with Crippen LogP contribution in [0.25, 0.3) is 0 Å². The summed E-state index contributed by atoms with van der Waals surface area (Å²) in [7, 11) is 0. The molecule has 0 bridgehead atoms. The molecule has 1 aliphatic rings. The van der Waals surface area contributed by atoms with E-state index < -0.39 is 0 Å². The number of oxime groups is 1. The van der Waals surface area contributed by atoms with Gasteiger partial charge in [0.05, 0.1) is 10.7 Å². The molecule has 15 heavy (non-hydrogen) atoms. The highest BCUT2D eigenvalue weighted by atomic mass is 35.5. The maximum absolute atomic E-state index is 8.83. The summed E-state index contributed by atoms with van der Waals surface area (Å²) in [6.45, 7) is 0. The van der Waals surface area contributed by atoms with Crippen LogP contribution in [0, 0.1) is 0 Å². The van der Waals surface area contributed by atoms with Crippen molar-refractivity contribution in [3.05, 3.63) is 11.1 Å². The van der Waals surface area contributed by atoms with Gasteiger partial charge in [0, 0.05) is 0 Å². The SMILES string of the molecule is ON=C1CCCCCCCCC/C=C/1Cl. The van der Waals surface area contributed by atoms with E-state index in [-0.39, 0.29) is 0 Å². The maximum atomic E-state index is 8.83. The van der Waals surface area contributed by atoms with Gasteiger partial charge in [-0.3, -0.25) is 0 Å². The molecule has 0 fully saturated rings. The number of hydrogen-bond donors (Lipinski definition) is 1. The third-order valence-corrected chi connectivity index (χ3v) is 3.21. The summed E-state index contributed by atoms with van der Waals surface area (Å²) in [5, 5.41) is 12.7. The lowest BCUT2D eigenvalue weighted by molar-refractivity contribution is 0.318. The zero-order valence-electron chi connectivity index (χ0n) is 9.21. The van der Waals surface area contributed by atoms with Crippen molar-refractivity contribution in [3.8, 4) is 0 Å². The molecule has 0 aromatic carbocycles. The second-order valence-electron chi connectivity index (χ2n) is 4.11. The number of allylic oxidation sites excluding steroid dienone is 2. The van der Waals surface area contributed by atoms with Crippen LogP contribution in [0.2, 0.25) is 0 Å². The van der Waals surface area contributed by atoms with E-state index in [2.05, 4.69) is 5.16 Å². The Morgan fingerprint density at radius 1 is 1.00 bits per heavy atom. The molecule has 0 heterocycles. The number of rotatable bonds is 0. The highest BCUT2D eigenvalue weighted by Gasteiger charge is 2.05. The summed E-state index contributed by atoms with van der Waals surface area (Å²) in [5.74, 6) is 0. The molecule has 86 valence electrons. The van der Waals surface area contributed by atoms with Crippen molar-refractivity contribution in [3.63, 3.8) is 0 Å². The van der Waals surface area contributed by atoms with Gasteiger partial charge in [0.1, 0.15) is 0 Å². The van der Waals surface area contributed by atoms with Crippen LogP contribution in [0.5, 0.6) is 0 Å². The topological polar surface area (TPSA) is 32.6 Å². The van der Waals surface area contributed by atoms with Gasteiger partial charge in [-0.25, -0.2) is 0 Å². The summed E-state index contributed by atoms with van der Waals surface area (Å²) < 4.78 is 0. The van der Waals surface area contributed by atoms with Gasteiger partial charge in [-0.1, -0.05) is 54.9 Å². The summed E-state index contributed by atoms with van der Waals surface area (Å²) in [6.07, 6.45) is 12.5. The molecule has 0 aliphatic heterocycles. The molecule has 0 radical (unpaired) electrons. The zero-order valence-corrected chi connectivity index (χ0v) is 9.97. The molecule has 0 aromatic rings. The number of hydrogen-bond acceptors (Lipinski definition) is 2. The van der Waals surface area contributed by atoms with Crippen molar-refractivity contribution in [1.29, 1.82) is 0 Å². The van der Waals surface area contributed by atoms with E-state index in [0.717, 1.165) is 19.3 Å². The highest BCUT2D eigenvalue weighted by Crippen LogP contribution is 2.17. The Morgan fingerprint density at radius 2 is 1.60 bits per heavy atom. The first-order chi connectivity index (χ1) is 7.34. The average Bonchev–Trinajstić information content (AvgIpc) is 2.23. The van der Waals surface area contributed by atoms with Crippen LogP contribution in [0.4, 0.5) is 0 Å². The van der Waals surface area contributed by atoms with E-state index >= 15 is 0 Å². The lowest BCUT2D eigenvalue weighted by Gasteiger charge is -2.06. The van der Waals surface area contributed by atoms with Crippen LogP contribution in [0.15, 0.2) is 16.3 Å². The summed E-state index contributed by atoms with van der Waals surface area (Å²) in [6, 6.07) is 0. The van der Waals surface area contributed by atoms with Gasteiger partial charge >= 0.3 is 0 Å². The Balaban J connectivity index is 2.51. The first-order valence-corrected chi connectivity index (χ1v) is 6.29. The van der Waals surface area contributed by atoms with Crippen molar-refractivity contribution in [2.45, 2.75) is 57.8 Å². The minimum atomic E-state index is 0.637. The predicted molar refractivity (Wildman–Crippen MR) is 64.7 cm³/mol. The second kappa shape index (κ2) is 7.75. The van der Waals surface area contributed by atoms with Crippen LogP contribution in [0.3, 0.4) is 0 Å². The minimum Gasteiger partial charge on any atom is -0.411 e. The normalized spacial score (nSPS) is 27.5. The zero-order chi connectivity index (χ0) is 10.9. The van der Waals surface area contributed by atoms with Crippen LogP contribution < -0.4 is 0 Å². The third-order valence-electron chi connectivity index (χ3n) is 2.84. The molecular formula is C12H20ClNO. The van der Waals surface area contributed by atoms with E-state index in [1.54, 1.807) is 0 Å². The molecule has 3 heteroatoms. The molecule has 1 rings (SSSR count). The van der Waals surface area contributed by atoms with E-state index in [9.17, 15) is 0 Å². The van der Waals surface area contributed by atoms with Gasteiger partial charge in [0.25, 0.3) is 0 Å².